The maximum Gasteiger partial charge on any atom is 0.350 e. The van der Waals surface area contributed by atoms with Gasteiger partial charge in [0.25, 0.3) is 5.91 Å². The van der Waals surface area contributed by atoms with Gasteiger partial charge in [-0.2, -0.15) is 0 Å². The van der Waals surface area contributed by atoms with Crippen molar-refractivity contribution in [1.29, 1.82) is 0 Å². The molecule has 5 N–H and O–H groups in total. The molecule has 3 aromatic carbocycles. The minimum Gasteiger partial charge on any atom is -0.481 e. The highest BCUT2D eigenvalue weighted by atomic mass is 16.6. The Kier molecular flexibility index (Phi) is 16.5. The highest BCUT2D eigenvalue weighted by Crippen LogP contribution is 2.64. The third kappa shape index (κ3) is 11.0. The van der Waals surface area contributed by atoms with Crippen LogP contribution in [0.3, 0.4) is 0 Å². The number of hydrogen-bond donors (Lipinski definition) is 5. The van der Waals surface area contributed by atoms with Crippen LogP contribution in [0.5, 0.6) is 0 Å². The molecular weight excluding hydrogens is 977 g/mol. The topological polar surface area (TPSA) is 294 Å². The number of rotatable bonds is 18. The first-order valence-corrected chi connectivity index (χ1v) is 24.7. The molecule has 3 aliphatic carbocycles. The zero-order valence-corrected chi connectivity index (χ0v) is 42.4. The summed E-state index contributed by atoms with van der Waals surface area (Å²) < 4.78 is 36.6. The summed E-state index contributed by atoms with van der Waals surface area (Å²) in [6.45, 7) is 7.68. The van der Waals surface area contributed by atoms with Crippen LogP contribution < -0.4 is 10.6 Å². The van der Waals surface area contributed by atoms with Crippen LogP contribution in [0.25, 0.3) is 0 Å². The van der Waals surface area contributed by atoms with E-state index in [1.54, 1.807) is 66.7 Å². The number of aliphatic hydroxyl groups excluding tert-OH is 1. The molecular formula is C55H62N2O18. The molecule has 7 rings (SSSR count). The molecule has 2 bridgehead atoms. The van der Waals surface area contributed by atoms with E-state index in [4.69, 9.17) is 33.5 Å². The van der Waals surface area contributed by atoms with Crippen LogP contribution in [-0.2, 0) is 62.0 Å². The van der Waals surface area contributed by atoms with Crippen LogP contribution in [0, 0.1) is 16.7 Å². The Morgan fingerprint density at radius 1 is 0.800 bits per heavy atom. The van der Waals surface area contributed by atoms with Gasteiger partial charge in [-0.05, 0) is 61.2 Å². The standard InChI is InChI=1S/C55H62N2O18/c1-30-36(72-51(68)45(73-41(64)25-24-39(61)56-26-16-23-40(62)63)43(33-17-10-7-11-18-33)57-49(66)34-19-12-8-13-20-34)28-55(69)48(74-50(67)35-21-14-9-15-22-35)46-53(6,37(60)27-38-54(46,29-70-38)75-32(3)59)47(65)44(71-31(2)58)42(30)52(55,4)5/h7-15,17-22,36-38,43-46,48,60,69H,16,23-29H2,1-6H3,(H,56,61)(H,57,66)(H,62,63)/t36-,37-,38+,43-,44+,45+,46?,48-,53+,54-,55+/m0/s1. The second-order valence-electron chi connectivity index (χ2n) is 20.2. The van der Waals surface area contributed by atoms with Crippen molar-refractivity contribution in [3.05, 3.63) is 119 Å². The normalized spacial score (nSPS) is 28.1. The Morgan fingerprint density at radius 3 is 1.99 bits per heavy atom. The van der Waals surface area contributed by atoms with Gasteiger partial charge in [-0.1, -0.05) is 80.6 Å². The minimum absolute atomic E-state index is 0.00597. The molecule has 0 aromatic heterocycles. The van der Waals surface area contributed by atoms with Crippen LogP contribution in [0.1, 0.15) is 112 Å². The summed E-state index contributed by atoms with van der Waals surface area (Å²) in [4.78, 5) is 123. The molecule has 0 spiro atoms. The molecule has 0 radical (unpaired) electrons. The molecule has 3 aromatic rings. The van der Waals surface area contributed by atoms with Crippen molar-refractivity contribution in [2.75, 3.05) is 13.2 Å². The summed E-state index contributed by atoms with van der Waals surface area (Å²) in [5.74, 6) is -10.1. The predicted molar refractivity (Wildman–Crippen MR) is 261 cm³/mol. The molecule has 2 amide bonds. The van der Waals surface area contributed by atoms with Gasteiger partial charge >= 0.3 is 35.8 Å². The SMILES string of the molecule is CC(=O)O[C@H]1C(=O)[C@@]2(C)C([C@H](OC(=O)c3ccccc3)[C@]3(O)C[C@H](OC(=O)[C@H](OC(=O)CCC(=O)NCCCC(=O)O)[C@@H](NC(=O)c4ccccc4)c4ccccc4)C(C)=C1C3(C)C)[C@]1(OC(C)=O)CO[C@@H]1C[C@@H]2O. The molecule has 1 saturated heterocycles. The monoisotopic (exact) mass is 1040 g/mol. The number of carboxylic acid groups (broad SMARTS) is 1. The van der Waals surface area contributed by atoms with Crippen LogP contribution in [-0.4, -0.2) is 130 Å². The molecule has 3 fully saturated rings. The van der Waals surface area contributed by atoms with Gasteiger partial charge in [0.15, 0.2) is 17.5 Å². The van der Waals surface area contributed by atoms with Crippen molar-refractivity contribution in [3.63, 3.8) is 0 Å². The number of nitrogens with one attached hydrogen (secondary N) is 2. The number of carbonyl (C=O) groups is 9. The number of ketones is 1. The number of carbonyl (C=O) groups excluding carboxylic acids is 8. The van der Waals surface area contributed by atoms with Gasteiger partial charge in [-0.15, -0.1) is 0 Å². The lowest BCUT2D eigenvalue weighted by Gasteiger charge is -2.67. The third-order valence-electron chi connectivity index (χ3n) is 15.2. The molecule has 2 saturated carbocycles. The maximum atomic E-state index is 15.7. The van der Waals surface area contributed by atoms with E-state index in [9.17, 15) is 43.8 Å². The smallest absolute Gasteiger partial charge is 0.350 e. The second-order valence-corrected chi connectivity index (χ2v) is 20.2. The molecule has 20 nitrogen and oxygen atoms in total. The number of aliphatic hydroxyl groups is 2. The fraction of sp³-hybridized carbons (Fsp3) is 0.473. The quantitative estimate of drug-likeness (QED) is 0.0520. The average Bonchev–Trinajstić information content (AvgIpc) is 3.40. The van der Waals surface area contributed by atoms with Crippen molar-refractivity contribution in [1.82, 2.24) is 10.6 Å². The van der Waals surface area contributed by atoms with E-state index in [-0.39, 0.29) is 60.3 Å². The van der Waals surface area contributed by atoms with Crippen LogP contribution in [0.2, 0.25) is 0 Å². The number of Topliss-reactive ketones (excluding diaryl/α,β-unsaturated/α-hetero) is 1. The molecule has 1 unspecified atom stereocenters. The van der Waals surface area contributed by atoms with E-state index in [1.807, 2.05) is 0 Å². The van der Waals surface area contributed by atoms with Gasteiger partial charge in [0, 0.05) is 57.1 Å². The zero-order chi connectivity index (χ0) is 54.6. The van der Waals surface area contributed by atoms with Crippen molar-refractivity contribution < 1.29 is 86.9 Å². The summed E-state index contributed by atoms with van der Waals surface area (Å²) in [6.07, 6.45) is -12.3. The summed E-state index contributed by atoms with van der Waals surface area (Å²) in [5.41, 5.74) is -7.86. The van der Waals surface area contributed by atoms with Gasteiger partial charge in [0.05, 0.1) is 36.0 Å². The zero-order valence-electron chi connectivity index (χ0n) is 42.4. The Balaban J connectivity index is 1.37. The van der Waals surface area contributed by atoms with Crippen molar-refractivity contribution in [2.24, 2.45) is 16.7 Å². The largest absolute Gasteiger partial charge is 0.481 e. The molecule has 1 aliphatic heterocycles. The highest BCUT2D eigenvalue weighted by Gasteiger charge is 2.78. The number of amides is 2. The second kappa shape index (κ2) is 22.3. The minimum atomic E-state index is -2.52. The van der Waals surface area contributed by atoms with Gasteiger partial charge in [0.2, 0.25) is 12.0 Å². The van der Waals surface area contributed by atoms with Gasteiger partial charge in [-0.3, -0.25) is 33.6 Å². The van der Waals surface area contributed by atoms with E-state index < -0.39 is 143 Å². The van der Waals surface area contributed by atoms with Crippen LogP contribution >= 0.6 is 0 Å². The molecule has 20 heteroatoms. The van der Waals surface area contributed by atoms with Crippen molar-refractivity contribution in [3.8, 4) is 0 Å². The van der Waals surface area contributed by atoms with Gasteiger partial charge < -0.3 is 54.4 Å². The fourth-order valence-electron chi connectivity index (χ4n) is 11.3. The lowest BCUT2D eigenvalue weighted by atomic mass is 9.44. The Bertz CT molecular complexity index is 2730. The van der Waals surface area contributed by atoms with Crippen LogP contribution in [0.15, 0.2) is 102 Å². The molecule has 400 valence electrons. The predicted octanol–water partition coefficient (Wildman–Crippen LogP) is 4.05. The lowest BCUT2D eigenvalue weighted by Crippen LogP contribution is -2.82. The highest BCUT2D eigenvalue weighted by molar-refractivity contribution is 5.96. The molecule has 4 aliphatic rings. The first-order valence-electron chi connectivity index (χ1n) is 24.7. The number of esters is 5. The number of ether oxygens (including phenoxy) is 6. The maximum absolute atomic E-state index is 15.7. The van der Waals surface area contributed by atoms with Crippen LogP contribution in [0.4, 0.5) is 0 Å². The fourth-order valence-corrected chi connectivity index (χ4v) is 11.3. The van der Waals surface area contributed by atoms with Gasteiger partial charge in [0.1, 0.15) is 30.0 Å². The van der Waals surface area contributed by atoms with Gasteiger partial charge in [-0.25, -0.2) is 9.59 Å². The lowest BCUT2D eigenvalue weighted by molar-refractivity contribution is -0.346. The third-order valence-corrected chi connectivity index (χ3v) is 15.2. The van der Waals surface area contributed by atoms with Crippen molar-refractivity contribution >= 4 is 53.4 Å². The number of aliphatic carboxylic acids is 1. The first-order chi connectivity index (χ1) is 35.5. The summed E-state index contributed by atoms with van der Waals surface area (Å²) >= 11 is 0. The Morgan fingerprint density at radius 2 is 1.41 bits per heavy atom. The van der Waals surface area contributed by atoms with E-state index >= 15 is 9.59 Å². The first kappa shape index (κ1) is 55.5. The number of fused-ring (bicyclic) bond motifs is 5. The van der Waals surface area contributed by atoms with E-state index in [0.29, 0.717) is 0 Å². The number of benzene rings is 3. The Hall–Kier alpha value is -7.29. The summed E-state index contributed by atoms with van der Waals surface area (Å²) in [5, 5.41) is 40.4. The van der Waals surface area contributed by atoms with Crippen molar-refractivity contribution in [2.45, 2.75) is 134 Å². The average molecular weight is 1040 g/mol. The van der Waals surface area contributed by atoms with E-state index in [1.165, 1.54) is 52.0 Å². The molecule has 1 heterocycles. The molecule has 11 atom stereocenters. The van der Waals surface area contributed by atoms with E-state index in [0.717, 1.165) is 13.8 Å². The number of hydrogen-bond acceptors (Lipinski definition) is 17. The van der Waals surface area contributed by atoms with E-state index in [2.05, 4.69) is 10.6 Å². The summed E-state index contributed by atoms with van der Waals surface area (Å²) in [7, 11) is 0. The summed E-state index contributed by atoms with van der Waals surface area (Å²) in [6, 6.07) is 22.1. The number of carboxylic acids is 1. The molecule has 75 heavy (non-hydrogen) atoms. The Labute approximate surface area is 432 Å².